The number of thiophene rings is 1. The van der Waals surface area contributed by atoms with Crippen molar-refractivity contribution in [1.82, 2.24) is 15.3 Å². The van der Waals surface area contributed by atoms with Crippen molar-refractivity contribution in [2.45, 2.75) is 33.2 Å². The Labute approximate surface area is 133 Å². The second-order valence-electron chi connectivity index (χ2n) is 5.18. The van der Waals surface area contributed by atoms with Gasteiger partial charge in [0.1, 0.15) is 10.6 Å². The summed E-state index contributed by atoms with van der Waals surface area (Å²) in [5.41, 5.74) is 0. The van der Waals surface area contributed by atoms with Gasteiger partial charge in [-0.2, -0.15) is 4.98 Å². The van der Waals surface area contributed by atoms with E-state index in [9.17, 15) is 4.79 Å². The number of aryl methyl sites for hydroxylation is 1. The Morgan fingerprint density at radius 2 is 2.19 bits per heavy atom. The first-order valence-corrected chi connectivity index (χ1v) is 8.06. The zero-order chi connectivity index (χ0) is 15.6. The highest BCUT2D eigenvalue weighted by atomic mass is 35.5. The molecule has 5 nitrogen and oxygen atoms in total. The number of likely N-dealkylation sites (N-methyl/N-ethyl adjacent to an activating group) is 1. The number of anilines is 1. The topological polar surface area (TPSA) is 58.1 Å². The number of hydrogen-bond donors (Lipinski definition) is 1. The first-order valence-electron chi connectivity index (χ1n) is 6.87. The molecule has 0 atom stereocenters. The van der Waals surface area contributed by atoms with Gasteiger partial charge in [0, 0.05) is 18.0 Å². The van der Waals surface area contributed by atoms with Gasteiger partial charge in [0.15, 0.2) is 0 Å². The average molecular weight is 327 g/mol. The maximum absolute atomic E-state index is 11.9. The molecule has 0 aromatic carbocycles. The summed E-state index contributed by atoms with van der Waals surface area (Å²) in [4.78, 5) is 24.3. The number of aromatic nitrogens is 2. The summed E-state index contributed by atoms with van der Waals surface area (Å²) in [6.07, 6.45) is 0.940. The van der Waals surface area contributed by atoms with Crippen molar-refractivity contribution >= 4 is 44.9 Å². The molecule has 0 aliphatic rings. The van der Waals surface area contributed by atoms with E-state index in [1.54, 1.807) is 16.2 Å². The quantitative estimate of drug-likeness (QED) is 0.858. The van der Waals surface area contributed by atoms with Crippen LogP contribution in [0.4, 0.5) is 5.82 Å². The molecule has 2 rings (SSSR count). The molecular formula is C14H19ClN4OS. The smallest absolute Gasteiger partial charge is 0.239 e. The fourth-order valence-electron chi connectivity index (χ4n) is 2.05. The van der Waals surface area contributed by atoms with Crippen LogP contribution in [0.25, 0.3) is 10.2 Å². The molecule has 1 amide bonds. The summed E-state index contributed by atoms with van der Waals surface area (Å²) < 4.78 is 0. The third-order valence-electron chi connectivity index (χ3n) is 2.94. The third-order valence-corrected chi connectivity index (χ3v) is 4.28. The Kier molecular flexibility index (Phi) is 5.00. The van der Waals surface area contributed by atoms with E-state index in [1.807, 2.05) is 20.9 Å². The Morgan fingerprint density at radius 3 is 2.81 bits per heavy atom. The van der Waals surface area contributed by atoms with Gasteiger partial charge in [-0.05, 0) is 37.9 Å². The van der Waals surface area contributed by atoms with Gasteiger partial charge < -0.3 is 10.2 Å². The van der Waals surface area contributed by atoms with E-state index >= 15 is 0 Å². The van der Waals surface area contributed by atoms with Crippen LogP contribution < -0.4 is 10.2 Å². The van der Waals surface area contributed by atoms with Gasteiger partial charge in [0.05, 0.1) is 11.9 Å². The number of hydrogen-bond acceptors (Lipinski definition) is 5. The number of rotatable bonds is 5. The van der Waals surface area contributed by atoms with Crippen molar-refractivity contribution in [3.63, 3.8) is 0 Å². The second kappa shape index (κ2) is 6.58. The zero-order valence-electron chi connectivity index (χ0n) is 12.6. The van der Waals surface area contributed by atoms with Gasteiger partial charge in [-0.25, -0.2) is 4.98 Å². The SMILES string of the molecule is CCc1cc2c(N(C)CC(=O)NC(C)C)nc(Cl)nc2s1. The predicted octanol–water partition coefficient (Wildman–Crippen LogP) is 2.87. The Morgan fingerprint density at radius 1 is 1.48 bits per heavy atom. The number of amides is 1. The lowest BCUT2D eigenvalue weighted by atomic mass is 10.3. The van der Waals surface area contributed by atoms with E-state index < -0.39 is 0 Å². The van der Waals surface area contributed by atoms with Crippen LogP contribution in [0, 0.1) is 0 Å². The van der Waals surface area contributed by atoms with Crippen molar-refractivity contribution in [1.29, 1.82) is 0 Å². The Balaban J connectivity index is 2.31. The summed E-state index contributed by atoms with van der Waals surface area (Å²) in [6, 6.07) is 2.19. The first-order chi connectivity index (χ1) is 9.90. The van der Waals surface area contributed by atoms with Gasteiger partial charge in [0.2, 0.25) is 11.2 Å². The lowest BCUT2D eigenvalue weighted by Crippen LogP contribution is -2.38. The van der Waals surface area contributed by atoms with E-state index in [1.165, 1.54) is 4.88 Å². The Hall–Kier alpha value is -1.40. The van der Waals surface area contributed by atoms with Crippen LogP contribution in [0.2, 0.25) is 5.28 Å². The van der Waals surface area contributed by atoms with E-state index in [-0.39, 0.29) is 23.8 Å². The lowest BCUT2D eigenvalue weighted by Gasteiger charge is -2.19. The molecule has 0 bridgehead atoms. The summed E-state index contributed by atoms with van der Waals surface area (Å²) in [6.45, 7) is 6.20. The summed E-state index contributed by atoms with van der Waals surface area (Å²) in [5, 5.41) is 4.02. The van der Waals surface area contributed by atoms with Crippen LogP contribution in [0.1, 0.15) is 25.6 Å². The highest BCUT2D eigenvalue weighted by molar-refractivity contribution is 7.18. The first kappa shape index (κ1) is 16.0. The third kappa shape index (κ3) is 3.83. The normalized spacial score (nSPS) is 11.1. The molecule has 21 heavy (non-hydrogen) atoms. The number of carbonyl (C=O) groups is 1. The van der Waals surface area contributed by atoms with Crippen LogP contribution in [-0.4, -0.2) is 35.5 Å². The van der Waals surface area contributed by atoms with Gasteiger partial charge in [0.25, 0.3) is 0 Å². The van der Waals surface area contributed by atoms with Crippen LogP contribution in [0.15, 0.2) is 6.07 Å². The van der Waals surface area contributed by atoms with Crippen molar-refractivity contribution in [2.24, 2.45) is 0 Å². The molecule has 1 N–H and O–H groups in total. The minimum atomic E-state index is -0.0404. The van der Waals surface area contributed by atoms with Crippen LogP contribution in [0.3, 0.4) is 0 Å². The highest BCUT2D eigenvalue weighted by Gasteiger charge is 2.16. The minimum Gasteiger partial charge on any atom is -0.352 e. The molecule has 2 aromatic heterocycles. The van der Waals surface area contributed by atoms with Gasteiger partial charge in [-0.3, -0.25) is 4.79 Å². The second-order valence-corrected chi connectivity index (χ2v) is 6.63. The van der Waals surface area contributed by atoms with Crippen molar-refractivity contribution in [3.8, 4) is 0 Å². The molecule has 0 radical (unpaired) electrons. The standard InChI is InChI=1S/C14H19ClN4OS/c1-5-9-6-10-12(17-14(15)18-13(10)21-9)19(4)7-11(20)16-8(2)3/h6,8H,5,7H2,1-4H3,(H,16,20). The number of halogens is 1. The molecule has 0 aliphatic carbocycles. The monoisotopic (exact) mass is 326 g/mol. The van der Waals surface area contributed by atoms with E-state index in [0.717, 1.165) is 16.6 Å². The minimum absolute atomic E-state index is 0.0404. The number of fused-ring (bicyclic) bond motifs is 1. The summed E-state index contributed by atoms with van der Waals surface area (Å²) in [7, 11) is 1.83. The molecular weight excluding hydrogens is 308 g/mol. The highest BCUT2D eigenvalue weighted by Crippen LogP contribution is 2.31. The molecule has 0 aliphatic heterocycles. The molecule has 7 heteroatoms. The number of nitrogens with zero attached hydrogens (tertiary/aromatic N) is 3. The van der Waals surface area contributed by atoms with Gasteiger partial charge in [-0.1, -0.05) is 6.92 Å². The van der Waals surface area contributed by atoms with E-state index in [4.69, 9.17) is 11.6 Å². The van der Waals surface area contributed by atoms with Gasteiger partial charge >= 0.3 is 0 Å². The molecule has 0 fully saturated rings. The maximum Gasteiger partial charge on any atom is 0.239 e. The maximum atomic E-state index is 11.9. The van der Waals surface area contributed by atoms with Crippen molar-refractivity contribution in [3.05, 3.63) is 16.2 Å². The fraction of sp³-hybridized carbons (Fsp3) is 0.500. The number of carbonyl (C=O) groups excluding carboxylic acids is 1. The van der Waals surface area contributed by atoms with E-state index in [2.05, 4.69) is 28.3 Å². The molecule has 2 aromatic rings. The van der Waals surface area contributed by atoms with Crippen LogP contribution in [0.5, 0.6) is 0 Å². The van der Waals surface area contributed by atoms with Crippen LogP contribution >= 0.6 is 22.9 Å². The molecule has 0 saturated carbocycles. The summed E-state index contributed by atoms with van der Waals surface area (Å²) in [5.74, 6) is 0.654. The number of nitrogens with one attached hydrogen (secondary N) is 1. The average Bonchev–Trinajstić information content (AvgIpc) is 2.79. The molecule has 0 spiro atoms. The largest absolute Gasteiger partial charge is 0.352 e. The molecule has 0 saturated heterocycles. The fourth-order valence-corrected chi connectivity index (χ4v) is 3.23. The molecule has 2 heterocycles. The molecule has 0 unspecified atom stereocenters. The molecule has 114 valence electrons. The van der Waals surface area contributed by atoms with E-state index in [0.29, 0.717) is 5.82 Å². The van der Waals surface area contributed by atoms with Crippen molar-refractivity contribution < 1.29 is 4.79 Å². The van der Waals surface area contributed by atoms with Crippen molar-refractivity contribution in [2.75, 3.05) is 18.5 Å². The lowest BCUT2D eigenvalue weighted by molar-refractivity contribution is -0.120. The van der Waals surface area contributed by atoms with Crippen LogP contribution in [-0.2, 0) is 11.2 Å². The zero-order valence-corrected chi connectivity index (χ0v) is 14.2. The summed E-state index contributed by atoms with van der Waals surface area (Å²) >= 11 is 7.61. The van der Waals surface area contributed by atoms with Gasteiger partial charge in [-0.15, -0.1) is 11.3 Å². The predicted molar refractivity (Wildman–Crippen MR) is 88.4 cm³/mol. The Bertz CT molecular complexity index is 656.